The Morgan fingerprint density at radius 2 is 2.11 bits per heavy atom. The van der Waals surface area contributed by atoms with Gasteiger partial charge in [0.25, 0.3) is 0 Å². The number of hydrogen-bond donors (Lipinski definition) is 1. The zero-order valence-corrected chi connectivity index (χ0v) is 11.2. The van der Waals surface area contributed by atoms with Crippen LogP contribution >= 0.6 is 0 Å². The van der Waals surface area contributed by atoms with Gasteiger partial charge in [-0.2, -0.15) is 0 Å². The van der Waals surface area contributed by atoms with Crippen molar-refractivity contribution in [1.82, 2.24) is 5.32 Å². The summed E-state index contributed by atoms with van der Waals surface area (Å²) in [6.07, 6.45) is 2.05. The fourth-order valence-electron chi connectivity index (χ4n) is 2.56. The molecule has 0 aromatic heterocycles. The van der Waals surface area contributed by atoms with E-state index in [0.717, 1.165) is 31.6 Å². The van der Waals surface area contributed by atoms with Crippen molar-refractivity contribution in [2.24, 2.45) is 0 Å². The van der Waals surface area contributed by atoms with Gasteiger partial charge in [0.05, 0.1) is 6.61 Å². The molecule has 1 aliphatic rings. The van der Waals surface area contributed by atoms with Crippen LogP contribution in [0.15, 0.2) is 24.3 Å². The van der Waals surface area contributed by atoms with Crippen LogP contribution < -0.4 is 5.32 Å². The molecule has 0 radical (unpaired) electrons. The standard InChI is InChI=1S/C15H22FNO/c1-3-18-10-11(2)17-13-8-12(9-13)14-6-4-5-7-15(14)16/h4-7,11-13,17H,3,8-10H2,1-2H3. The maximum atomic E-state index is 13.6. The van der Waals surface area contributed by atoms with Crippen LogP contribution in [0.25, 0.3) is 0 Å². The Morgan fingerprint density at radius 3 is 2.78 bits per heavy atom. The molecule has 1 aliphatic carbocycles. The molecular formula is C15H22FNO. The minimum Gasteiger partial charge on any atom is -0.380 e. The summed E-state index contributed by atoms with van der Waals surface area (Å²) >= 11 is 0. The molecule has 0 amide bonds. The highest BCUT2D eigenvalue weighted by molar-refractivity contribution is 5.24. The Balaban J connectivity index is 1.75. The molecule has 1 N–H and O–H groups in total. The van der Waals surface area contributed by atoms with Crippen LogP contribution in [0.2, 0.25) is 0 Å². The van der Waals surface area contributed by atoms with E-state index < -0.39 is 0 Å². The molecule has 100 valence electrons. The first-order valence-corrected chi connectivity index (χ1v) is 6.79. The summed E-state index contributed by atoms with van der Waals surface area (Å²) < 4.78 is 18.9. The number of ether oxygens (including phenoxy) is 1. The predicted octanol–water partition coefficient (Wildman–Crippen LogP) is 3.09. The normalized spacial score (nSPS) is 24.6. The van der Waals surface area contributed by atoms with Crippen molar-refractivity contribution in [2.45, 2.75) is 44.7 Å². The second-order valence-electron chi connectivity index (χ2n) is 5.11. The quantitative estimate of drug-likeness (QED) is 0.839. The first-order chi connectivity index (χ1) is 8.70. The lowest BCUT2D eigenvalue weighted by Gasteiger charge is -2.38. The fourth-order valence-corrected chi connectivity index (χ4v) is 2.56. The zero-order chi connectivity index (χ0) is 13.0. The van der Waals surface area contributed by atoms with Crippen LogP contribution in [0.4, 0.5) is 4.39 Å². The van der Waals surface area contributed by atoms with Crippen LogP contribution in [0.1, 0.15) is 38.2 Å². The lowest BCUT2D eigenvalue weighted by atomic mass is 9.75. The highest BCUT2D eigenvalue weighted by Crippen LogP contribution is 2.38. The molecule has 0 bridgehead atoms. The molecule has 1 aromatic rings. The van der Waals surface area contributed by atoms with Gasteiger partial charge in [0, 0.05) is 18.7 Å². The largest absolute Gasteiger partial charge is 0.380 e. The Kier molecular flexibility index (Phi) is 4.72. The van der Waals surface area contributed by atoms with E-state index in [1.54, 1.807) is 12.1 Å². The van der Waals surface area contributed by atoms with Crippen molar-refractivity contribution in [3.8, 4) is 0 Å². The van der Waals surface area contributed by atoms with Gasteiger partial charge in [0.15, 0.2) is 0 Å². The van der Waals surface area contributed by atoms with Gasteiger partial charge < -0.3 is 10.1 Å². The lowest BCUT2D eigenvalue weighted by Crippen LogP contribution is -2.46. The number of halogens is 1. The molecule has 1 saturated carbocycles. The van der Waals surface area contributed by atoms with E-state index in [9.17, 15) is 4.39 Å². The molecule has 1 fully saturated rings. The summed E-state index contributed by atoms with van der Waals surface area (Å²) in [5, 5.41) is 3.52. The lowest BCUT2D eigenvalue weighted by molar-refractivity contribution is 0.115. The molecule has 0 spiro atoms. The van der Waals surface area contributed by atoms with E-state index in [-0.39, 0.29) is 5.82 Å². The molecule has 0 saturated heterocycles. The first-order valence-electron chi connectivity index (χ1n) is 6.79. The van der Waals surface area contributed by atoms with E-state index in [0.29, 0.717) is 18.0 Å². The van der Waals surface area contributed by atoms with E-state index in [4.69, 9.17) is 4.74 Å². The number of rotatable bonds is 6. The van der Waals surface area contributed by atoms with E-state index in [2.05, 4.69) is 12.2 Å². The molecule has 2 nitrogen and oxygen atoms in total. The molecule has 1 atom stereocenters. The monoisotopic (exact) mass is 251 g/mol. The van der Waals surface area contributed by atoms with Crippen LogP contribution in [-0.2, 0) is 4.74 Å². The SMILES string of the molecule is CCOCC(C)NC1CC(c2ccccc2F)C1. The van der Waals surface area contributed by atoms with Gasteiger partial charge in [0.2, 0.25) is 0 Å². The summed E-state index contributed by atoms with van der Waals surface area (Å²) in [5.41, 5.74) is 0.869. The highest BCUT2D eigenvalue weighted by atomic mass is 19.1. The maximum Gasteiger partial charge on any atom is 0.126 e. The second-order valence-corrected chi connectivity index (χ2v) is 5.11. The van der Waals surface area contributed by atoms with Crippen molar-refractivity contribution in [1.29, 1.82) is 0 Å². The third kappa shape index (κ3) is 3.30. The summed E-state index contributed by atoms with van der Waals surface area (Å²) in [5.74, 6) is 0.311. The van der Waals surface area contributed by atoms with Gasteiger partial charge in [-0.15, -0.1) is 0 Å². The number of nitrogens with one attached hydrogen (secondary N) is 1. The molecule has 0 heterocycles. The third-order valence-electron chi connectivity index (χ3n) is 3.58. The predicted molar refractivity (Wildman–Crippen MR) is 71.3 cm³/mol. The summed E-state index contributed by atoms with van der Waals surface area (Å²) in [4.78, 5) is 0. The van der Waals surface area contributed by atoms with Gasteiger partial charge in [-0.1, -0.05) is 18.2 Å². The van der Waals surface area contributed by atoms with Crippen LogP contribution in [-0.4, -0.2) is 25.3 Å². The maximum absolute atomic E-state index is 13.6. The first kappa shape index (κ1) is 13.5. The minimum absolute atomic E-state index is 0.0664. The smallest absolute Gasteiger partial charge is 0.126 e. The molecule has 1 unspecified atom stereocenters. The van der Waals surface area contributed by atoms with E-state index in [1.165, 1.54) is 0 Å². The molecule has 2 rings (SSSR count). The van der Waals surface area contributed by atoms with Crippen LogP contribution in [0.3, 0.4) is 0 Å². The van der Waals surface area contributed by atoms with Gasteiger partial charge in [0.1, 0.15) is 5.82 Å². The number of benzene rings is 1. The zero-order valence-electron chi connectivity index (χ0n) is 11.2. The number of hydrogen-bond acceptors (Lipinski definition) is 2. The van der Waals surface area contributed by atoms with Crippen LogP contribution in [0, 0.1) is 5.82 Å². The van der Waals surface area contributed by atoms with Gasteiger partial charge in [-0.3, -0.25) is 0 Å². The van der Waals surface area contributed by atoms with Gasteiger partial charge in [-0.05, 0) is 44.2 Å². The summed E-state index contributed by atoms with van der Waals surface area (Å²) in [6.45, 7) is 5.64. The van der Waals surface area contributed by atoms with E-state index >= 15 is 0 Å². The molecule has 18 heavy (non-hydrogen) atoms. The van der Waals surface area contributed by atoms with Gasteiger partial charge in [-0.25, -0.2) is 4.39 Å². The average molecular weight is 251 g/mol. The molecule has 0 aliphatic heterocycles. The fraction of sp³-hybridized carbons (Fsp3) is 0.600. The van der Waals surface area contributed by atoms with Gasteiger partial charge >= 0.3 is 0 Å². The third-order valence-corrected chi connectivity index (χ3v) is 3.58. The van der Waals surface area contributed by atoms with E-state index in [1.807, 2.05) is 19.1 Å². The van der Waals surface area contributed by atoms with Crippen LogP contribution in [0.5, 0.6) is 0 Å². The second kappa shape index (κ2) is 6.30. The average Bonchev–Trinajstić information content (AvgIpc) is 2.32. The van der Waals surface area contributed by atoms with Crippen molar-refractivity contribution in [3.63, 3.8) is 0 Å². The van der Waals surface area contributed by atoms with Crippen molar-refractivity contribution in [2.75, 3.05) is 13.2 Å². The Hall–Kier alpha value is -0.930. The Bertz CT molecular complexity index is 377. The summed E-state index contributed by atoms with van der Waals surface area (Å²) in [7, 11) is 0. The molecular weight excluding hydrogens is 229 g/mol. The Morgan fingerprint density at radius 1 is 1.39 bits per heavy atom. The summed E-state index contributed by atoms with van der Waals surface area (Å²) in [6, 6.07) is 7.99. The van der Waals surface area contributed by atoms with Crippen molar-refractivity contribution in [3.05, 3.63) is 35.6 Å². The minimum atomic E-state index is -0.0664. The van der Waals surface area contributed by atoms with Crippen molar-refractivity contribution >= 4 is 0 Å². The topological polar surface area (TPSA) is 21.3 Å². The Labute approximate surface area is 109 Å². The van der Waals surface area contributed by atoms with Crippen molar-refractivity contribution < 1.29 is 9.13 Å². The highest BCUT2D eigenvalue weighted by Gasteiger charge is 2.32. The molecule has 1 aromatic carbocycles. The molecule has 3 heteroatoms.